The van der Waals surface area contributed by atoms with Gasteiger partial charge in [-0.3, -0.25) is 14.4 Å². The van der Waals surface area contributed by atoms with Crippen molar-refractivity contribution in [3.63, 3.8) is 0 Å². The minimum atomic E-state index is -3.08. The second kappa shape index (κ2) is 13.3. The van der Waals surface area contributed by atoms with Crippen LogP contribution in [-0.4, -0.2) is 27.4 Å². The fourth-order valence-electron chi connectivity index (χ4n) is 1.53. The van der Waals surface area contributed by atoms with Crippen molar-refractivity contribution in [2.24, 2.45) is 0 Å². The van der Waals surface area contributed by atoms with Gasteiger partial charge in [-0.2, -0.15) is 0 Å². The summed E-state index contributed by atoms with van der Waals surface area (Å²) in [5.41, 5.74) is 0. The monoisotopic (exact) mass is 332 g/mol. The van der Waals surface area contributed by atoms with Crippen molar-refractivity contribution < 1.29 is 27.7 Å². The largest absolute Gasteiger partial charge is 0.689 e. The van der Waals surface area contributed by atoms with Gasteiger partial charge in [0, 0.05) is 19.3 Å². The minimum absolute atomic E-state index is 0.235. The first kappa shape index (κ1) is 20.6. The van der Waals surface area contributed by atoms with Crippen LogP contribution < -0.4 is 0 Å². The van der Waals surface area contributed by atoms with E-state index in [1.807, 2.05) is 20.8 Å². The second-order valence-corrected chi connectivity index (χ2v) is 6.35. The maximum Gasteiger partial charge on any atom is 0.689 e. The van der Waals surface area contributed by atoms with Gasteiger partial charge in [0.15, 0.2) is 0 Å². The number of hydrogen-bond acceptors (Lipinski definition) is 6. The summed E-state index contributed by atoms with van der Waals surface area (Å²) in [4.78, 5) is 34.9. The van der Waals surface area contributed by atoms with Crippen molar-refractivity contribution in [1.29, 1.82) is 0 Å². The Labute approximate surface area is 134 Å². The lowest BCUT2D eigenvalue weighted by molar-refractivity contribution is -0.148. The molecule has 0 aromatic carbocycles. The quantitative estimate of drug-likeness (QED) is 0.511. The molecule has 7 heteroatoms. The zero-order valence-electron chi connectivity index (χ0n) is 13.9. The van der Waals surface area contributed by atoms with Crippen LogP contribution in [0.3, 0.4) is 0 Å². The van der Waals surface area contributed by atoms with E-state index in [0.717, 1.165) is 19.3 Å². The molecule has 22 heavy (non-hydrogen) atoms. The van der Waals surface area contributed by atoms with E-state index in [-0.39, 0.29) is 19.3 Å². The van der Waals surface area contributed by atoms with Crippen molar-refractivity contribution in [2.75, 3.05) is 0 Å². The minimum Gasteiger partial charge on any atom is -0.457 e. The summed E-state index contributed by atoms with van der Waals surface area (Å²) in [5, 5.41) is 0. The van der Waals surface area contributed by atoms with Gasteiger partial charge in [-0.15, -0.1) is 0 Å². The van der Waals surface area contributed by atoms with Crippen LogP contribution in [0.2, 0.25) is 0 Å². The molecule has 0 unspecified atom stereocenters. The van der Waals surface area contributed by atoms with E-state index in [4.69, 9.17) is 13.3 Å². The Morgan fingerprint density at radius 2 is 0.909 bits per heavy atom. The molecule has 0 saturated carbocycles. The standard InChI is InChI=1S/C15H28O6Si/c1-4-7-10-13(16)19-22(20-14(17)11-8-5-2)21-15(18)12-9-6-3/h22H,4-12H2,1-3H3. The number of hydrogen-bond donors (Lipinski definition) is 0. The summed E-state index contributed by atoms with van der Waals surface area (Å²) in [7, 11) is -3.08. The number of carbonyl (C=O) groups excluding carboxylic acids is 3. The molecule has 0 rings (SSSR count). The van der Waals surface area contributed by atoms with Crippen molar-refractivity contribution in [3.8, 4) is 0 Å². The molecular formula is C15H28O6Si. The molecule has 0 N–H and O–H groups in total. The first-order chi connectivity index (χ1) is 10.5. The average Bonchev–Trinajstić information content (AvgIpc) is 2.48. The highest BCUT2D eigenvalue weighted by atomic mass is 28.3. The highest BCUT2D eigenvalue weighted by Crippen LogP contribution is 2.06. The number of carbonyl (C=O) groups is 3. The van der Waals surface area contributed by atoms with Gasteiger partial charge in [0.05, 0.1) is 0 Å². The average molecular weight is 332 g/mol. The molecule has 0 aromatic heterocycles. The van der Waals surface area contributed by atoms with Crippen LogP contribution in [0, 0.1) is 0 Å². The van der Waals surface area contributed by atoms with Gasteiger partial charge in [0.1, 0.15) is 0 Å². The molecule has 0 bridgehead atoms. The molecule has 128 valence electrons. The van der Waals surface area contributed by atoms with Crippen LogP contribution in [0.1, 0.15) is 78.6 Å². The molecule has 0 atom stereocenters. The summed E-state index contributed by atoms with van der Waals surface area (Å²) < 4.78 is 15.2. The van der Waals surface area contributed by atoms with Crippen molar-refractivity contribution in [3.05, 3.63) is 0 Å². The second-order valence-electron chi connectivity index (χ2n) is 5.07. The van der Waals surface area contributed by atoms with Gasteiger partial charge in [-0.25, -0.2) is 0 Å². The van der Waals surface area contributed by atoms with E-state index in [9.17, 15) is 14.4 Å². The van der Waals surface area contributed by atoms with Gasteiger partial charge >= 0.3 is 9.53 Å². The maximum atomic E-state index is 11.6. The lowest BCUT2D eigenvalue weighted by Crippen LogP contribution is -2.34. The molecular weight excluding hydrogens is 304 g/mol. The summed E-state index contributed by atoms with van der Waals surface area (Å²) in [6.45, 7) is 5.87. The normalized spacial score (nSPS) is 10.4. The zero-order chi connectivity index (χ0) is 16.8. The van der Waals surface area contributed by atoms with Crippen LogP contribution in [0.15, 0.2) is 0 Å². The van der Waals surface area contributed by atoms with Crippen LogP contribution in [0.5, 0.6) is 0 Å². The zero-order valence-corrected chi connectivity index (χ0v) is 15.0. The Kier molecular flexibility index (Phi) is 12.5. The summed E-state index contributed by atoms with van der Waals surface area (Å²) in [6.07, 6.45) is 5.33. The van der Waals surface area contributed by atoms with E-state index >= 15 is 0 Å². The number of rotatable bonds is 12. The summed E-state index contributed by atoms with van der Waals surface area (Å²) >= 11 is 0. The SMILES string of the molecule is CCCCC(=O)O[SiH](OC(=O)CCCC)OC(=O)CCCC. The molecule has 0 fully saturated rings. The topological polar surface area (TPSA) is 78.9 Å². The summed E-state index contributed by atoms with van der Waals surface area (Å²) in [6, 6.07) is 0. The molecule has 0 heterocycles. The van der Waals surface area contributed by atoms with Crippen LogP contribution >= 0.6 is 0 Å². The molecule has 0 aliphatic carbocycles. The third-order valence-electron chi connectivity index (χ3n) is 2.89. The van der Waals surface area contributed by atoms with Gasteiger partial charge in [0.2, 0.25) is 0 Å². The van der Waals surface area contributed by atoms with E-state index in [1.165, 1.54) is 0 Å². The molecule has 0 aliphatic rings. The van der Waals surface area contributed by atoms with E-state index < -0.39 is 27.4 Å². The molecule has 0 aliphatic heterocycles. The molecule has 6 nitrogen and oxygen atoms in total. The lowest BCUT2D eigenvalue weighted by Gasteiger charge is -2.16. The van der Waals surface area contributed by atoms with E-state index in [2.05, 4.69) is 0 Å². The highest BCUT2D eigenvalue weighted by molar-refractivity contribution is 6.44. The lowest BCUT2D eigenvalue weighted by atomic mass is 10.3. The van der Waals surface area contributed by atoms with E-state index in [0.29, 0.717) is 19.3 Å². The van der Waals surface area contributed by atoms with Crippen molar-refractivity contribution >= 4 is 27.4 Å². The summed E-state index contributed by atoms with van der Waals surface area (Å²) in [5.74, 6) is -1.44. The van der Waals surface area contributed by atoms with Crippen LogP contribution in [0.4, 0.5) is 0 Å². The van der Waals surface area contributed by atoms with Gasteiger partial charge in [-0.05, 0) is 19.3 Å². The first-order valence-corrected chi connectivity index (χ1v) is 9.53. The fraction of sp³-hybridized carbons (Fsp3) is 0.800. The highest BCUT2D eigenvalue weighted by Gasteiger charge is 2.29. The Bertz CT molecular complexity index is 293. The van der Waals surface area contributed by atoms with Gasteiger partial charge in [0.25, 0.3) is 17.9 Å². The van der Waals surface area contributed by atoms with E-state index in [1.54, 1.807) is 0 Å². The third-order valence-corrected chi connectivity index (χ3v) is 4.25. The smallest absolute Gasteiger partial charge is 0.457 e. The van der Waals surface area contributed by atoms with Crippen molar-refractivity contribution in [2.45, 2.75) is 78.6 Å². The third kappa shape index (κ3) is 11.3. The Morgan fingerprint density at radius 1 is 0.636 bits per heavy atom. The first-order valence-electron chi connectivity index (χ1n) is 8.11. The van der Waals surface area contributed by atoms with Gasteiger partial charge in [-0.1, -0.05) is 40.0 Å². The molecule has 0 spiro atoms. The molecule has 0 radical (unpaired) electrons. The van der Waals surface area contributed by atoms with Crippen molar-refractivity contribution in [1.82, 2.24) is 0 Å². The number of unbranched alkanes of at least 4 members (excludes halogenated alkanes) is 3. The van der Waals surface area contributed by atoms with Crippen LogP contribution in [0.25, 0.3) is 0 Å². The maximum absolute atomic E-state index is 11.6. The van der Waals surface area contributed by atoms with Crippen LogP contribution in [-0.2, 0) is 27.7 Å². The Balaban J connectivity index is 4.44. The Morgan fingerprint density at radius 3 is 1.14 bits per heavy atom. The van der Waals surface area contributed by atoms with Gasteiger partial charge < -0.3 is 13.3 Å². The Hall–Kier alpha value is -1.37. The fourth-order valence-corrected chi connectivity index (χ4v) is 2.68. The molecule has 0 saturated heterocycles. The predicted molar refractivity (Wildman–Crippen MR) is 84.0 cm³/mol. The molecule has 0 amide bonds. The molecule has 0 aromatic rings. The predicted octanol–water partition coefficient (Wildman–Crippen LogP) is 2.90.